The fraction of sp³-hybridized carbons (Fsp3) is 0.737. The van der Waals surface area contributed by atoms with Crippen molar-refractivity contribution < 1.29 is 0 Å². The molecule has 4 heterocycles. The van der Waals surface area contributed by atoms with Crippen LogP contribution in [0, 0.1) is 34.5 Å². The fourth-order valence-electron chi connectivity index (χ4n) is 11.0. The van der Waals surface area contributed by atoms with Gasteiger partial charge in [-0.15, -0.1) is 0 Å². The number of piperazine rings is 1. The van der Waals surface area contributed by atoms with Crippen LogP contribution < -0.4 is 14.7 Å². The van der Waals surface area contributed by atoms with E-state index < -0.39 is 0 Å². The maximum Gasteiger partial charge on any atom is 0.229 e. The highest BCUT2D eigenvalue weighted by Gasteiger charge is 2.57. The van der Waals surface area contributed by atoms with E-state index in [9.17, 15) is 0 Å². The highest BCUT2D eigenvalue weighted by Crippen LogP contribution is 2.65. The van der Waals surface area contributed by atoms with Crippen molar-refractivity contribution in [2.75, 3.05) is 73.6 Å². The van der Waals surface area contributed by atoms with Gasteiger partial charge in [0, 0.05) is 63.8 Å². The van der Waals surface area contributed by atoms with Gasteiger partial charge in [-0.25, -0.2) is 0 Å². The van der Waals surface area contributed by atoms with Gasteiger partial charge in [0.25, 0.3) is 0 Å². The van der Waals surface area contributed by atoms with Crippen LogP contribution in [0.25, 0.3) is 0 Å². The zero-order valence-electron chi connectivity index (χ0n) is 27.8. The van der Waals surface area contributed by atoms with Gasteiger partial charge in [-0.1, -0.05) is 49.3 Å². The molecule has 0 bridgehead atoms. The first-order valence-corrected chi connectivity index (χ1v) is 18.4. The summed E-state index contributed by atoms with van der Waals surface area (Å²) in [6, 6.07) is 2.29. The van der Waals surface area contributed by atoms with E-state index in [0.717, 1.165) is 100 Å². The topological polar surface area (TPSA) is 38.7 Å². The summed E-state index contributed by atoms with van der Waals surface area (Å²) in [7, 11) is 0. The van der Waals surface area contributed by atoms with Gasteiger partial charge in [0.05, 0.1) is 0 Å². The largest absolute Gasteiger partial charge is 0.356 e. The van der Waals surface area contributed by atoms with Crippen molar-refractivity contribution in [1.82, 2.24) is 14.9 Å². The molecule has 1 aromatic heterocycles. The van der Waals surface area contributed by atoms with E-state index in [0.29, 0.717) is 5.41 Å². The Morgan fingerprint density at radius 1 is 0.841 bits per heavy atom. The monoisotopic (exact) mass is 596 g/mol. The van der Waals surface area contributed by atoms with Gasteiger partial charge in [-0.2, -0.15) is 9.97 Å². The van der Waals surface area contributed by atoms with Crippen molar-refractivity contribution in [3.05, 3.63) is 41.5 Å². The van der Waals surface area contributed by atoms with Crippen LogP contribution in [0.15, 0.2) is 41.5 Å². The van der Waals surface area contributed by atoms with Gasteiger partial charge in [0.15, 0.2) is 0 Å². The Morgan fingerprint density at radius 2 is 1.52 bits per heavy atom. The molecule has 6 heteroatoms. The van der Waals surface area contributed by atoms with Gasteiger partial charge in [-0.3, -0.25) is 4.90 Å². The van der Waals surface area contributed by atoms with Crippen LogP contribution in [0.5, 0.6) is 0 Å². The summed E-state index contributed by atoms with van der Waals surface area (Å²) in [5.41, 5.74) is 4.15. The van der Waals surface area contributed by atoms with Gasteiger partial charge in [0.2, 0.25) is 5.95 Å². The SMILES string of the molecule is CC1C[C@H]2[C@@H]3CCC4=CCC=C[C@]4(C)C3=CC[C@]2(C)[C@H]1CCN1CCN(c2cc(N3CCCC3)nc(N3CCCC3)n2)CC1. The molecule has 2 saturated carbocycles. The third kappa shape index (κ3) is 4.93. The van der Waals surface area contributed by atoms with Crippen molar-refractivity contribution in [2.24, 2.45) is 34.5 Å². The van der Waals surface area contributed by atoms with Crippen LogP contribution in [0.2, 0.25) is 0 Å². The predicted molar refractivity (Wildman–Crippen MR) is 182 cm³/mol. The van der Waals surface area contributed by atoms with Crippen LogP contribution in [-0.2, 0) is 0 Å². The Morgan fingerprint density at radius 3 is 2.25 bits per heavy atom. The minimum absolute atomic E-state index is 0.206. The summed E-state index contributed by atoms with van der Waals surface area (Å²) in [5, 5.41) is 0. The molecule has 0 radical (unpaired) electrons. The number of allylic oxidation sites excluding steroid dienone is 6. The second-order valence-electron chi connectivity index (χ2n) is 15.9. The number of aromatic nitrogens is 2. The molecule has 8 rings (SSSR count). The first-order chi connectivity index (χ1) is 21.4. The van der Waals surface area contributed by atoms with Gasteiger partial charge in [-0.05, 0) is 107 Å². The third-order valence-electron chi connectivity index (χ3n) is 13.6. The van der Waals surface area contributed by atoms with Crippen LogP contribution in [0.1, 0.15) is 85.0 Å². The van der Waals surface area contributed by atoms with Gasteiger partial charge < -0.3 is 14.7 Å². The predicted octanol–water partition coefficient (Wildman–Crippen LogP) is 7.10. The fourth-order valence-corrected chi connectivity index (χ4v) is 11.0. The van der Waals surface area contributed by atoms with Crippen molar-refractivity contribution in [3.63, 3.8) is 0 Å². The van der Waals surface area contributed by atoms with Crippen molar-refractivity contribution >= 4 is 17.6 Å². The molecule has 6 nitrogen and oxygen atoms in total. The van der Waals surface area contributed by atoms with Crippen molar-refractivity contribution in [1.29, 1.82) is 0 Å². The van der Waals surface area contributed by atoms with Crippen LogP contribution >= 0.6 is 0 Å². The average molecular weight is 597 g/mol. The average Bonchev–Trinajstić information content (AvgIpc) is 3.82. The Hall–Kier alpha value is -2.34. The summed E-state index contributed by atoms with van der Waals surface area (Å²) >= 11 is 0. The van der Waals surface area contributed by atoms with E-state index in [4.69, 9.17) is 9.97 Å². The summed E-state index contributed by atoms with van der Waals surface area (Å²) < 4.78 is 0. The van der Waals surface area contributed by atoms with Gasteiger partial charge >= 0.3 is 0 Å². The Bertz CT molecular complexity index is 1280. The van der Waals surface area contributed by atoms with Crippen LogP contribution in [-0.4, -0.2) is 73.8 Å². The second-order valence-corrected chi connectivity index (χ2v) is 15.9. The molecule has 1 aromatic rings. The molecule has 4 aliphatic carbocycles. The maximum atomic E-state index is 5.15. The van der Waals surface area contributed by atoms with E-state index in [1.54, 1.807) is 11.1 Å². The summed E-state index contributed by atoms with van der Waals surface area (Å²) in [6.45, 7) is 18.0. The molecule has 3 aliphatic heterocycles. The van der Waals surface area contributed by atoms with E-state index in [1.807, 2.05) is 0 Å². The van der Waals surface area contributed by atoms with Gasteiger partial charge in [0.1, 0.15) is 11.6 Å². The number of hydrogen-bond acceptors (Lipinski definition) is 6. The molecular formula is C38H56N6. The summed E-state index contributed by atoms with van der Waals surface area (Å²) in [4.78, 5) is 20.4. The molecule has 3 saturated heterocycles. The lowest BCUT2D eigenvalue weighted by molar-refractivity contribution is 0.0753. The lowest BCUT2D eigenvalue weighted by Crippen LogP contribution is -2.48. The molecule has 44 heavy (non-hydrogen) atoms. The standard InChI is InChI=1S/C38H56N6/c1-28-26-33-30-12-11-29-10-4-5-15-37(29,2)32(30)13-16-38(33,3)31(28)14-21-41-22-24-43(25-23-41)35-27-34(42-17-6-7-18-42)39-36(40-35)44-19-8-9-20-44/h5,10,13,15,27-28,30-31,33H,4,6-9,11-12,14,16-26H2,1-3H3/t28?,30-,31+,33+,37+,38-/m1/s1. The lowest BCUT2D eigenvalue weighted by Gasteiger charge is -2.52. The van der Waals surface area contributed by atoms with E-state index in [2.05, 4.69) is 70.7 Å². The molecule has 0 spiro atoms. The molecule has 238 valence electrons. The molecule has 0 amide bonds. The van der Waals surface area contributed by atoms with Crippen LogP contribution in [0.3, 0.4) is 0 Å². The molecule has 0 N–H and O–H groups in total. The van der Waals surface area contributed by atoms with E-state index >= 15 is 0 Å². The number of anilines is 3. The first-order valence-electron chi connectivity index (χ1n) is 18.4. The molecule has 0 aromatic carbocycles. The van der Waals surface area contributed by atoms with E-state index in [-0.39, 0.29) is 5.41 Å². The number of hydrogen-bond donors (Lipinski definition) is 0. The second kappa shape index (κ2) is 11.5. The van der Waals surface area contributed by atoms with Crippen molar-refractivity contribution in [3.8, 4) is 0 Å². The Balaban J connectivity index is 0.922. The summed E-state index contributed by atoms with van der Waals surface area (Å²) in [6.07, 6.45) is 23.2. The third-order valence-corrected chi connectivity index (χ3v) is 13.6. The zero-order valence-corrected chi connectivity index (χ0v) is 27.8. The minimum atomic E-state index is 0.206. The number of fused-ring (bicyclic) bond motifs is 5. The molecule has 1 unspecified atom stereocenters. The molecule has 5 fully saturated rings. The molecule has 6 atom stereocenters. The highest BCUT2D eigenvalue weighted by atomic mass is 15.3. The number of rotatable bonds is 6. The smallest absolute Gasteiger partial charge is 0.229 e. The van der Waals surface area contributed by atoms with E-state index in [1.165, 1.54) is 64.3 Å². The lowest BCUT2D eigenvalue weighted by atomic mass is 9.52. The maximum absolute atomic E-state index is 5.15. The molecular weight excluding hydrogens is 540 g/mol. The Kier molecular flexibility index (Phi) is 7.58. The van der Waals surface area contributed by atoms with Crippen LogP contribution in [0.4, 0.5) is 17.6 Å². The van der Waals surface area contributed by atoms with Crippen molar-refractivity contribution in [2.45, 2.75) is 85.0 Å². The Labute approximate surface area is 266 Å². The minimum Gasteiger partial charge on any atom is -0.356 e. The summed E-state index contributed by atoms with van der Waals surface area (Å²) in [5.74, 6) is 6.59. The highest BCUT2D eigenvalue weighted by molar-refractivity contribution is 5.56. The number of nitrogens with zero attached hydrogens (tertiary/aromatic N) is 6. The quantitative estimate of drug-likeness (QED) is 0.326. The zero-order chi connectivity index (χ0) is 29.9. The first kappa shape index (κ1) is 29.1. The molecule has 7 aliphatic rings. The normalized spacial score (nSPS) is 37.1.